The lowest BCUT2D eigenvalue weighted by Gasteiger charge is -2.12. The first-order valence-corrected chi connectivity index (χ1v) is 9.83. The van der Waals surface area contributed by atoms with E-state index in [1.54, 1.807) is 0 Å². The molecule has 0 N–H and O–H groups in total. The standard InChI is InChI=1S/C25H14F4O6/c1-3-19(30)32-14-7-5-13(6-8-14)15-9-10-16-17-11-12-18(33-20(31)4-2)24(35-25(27,28)29)23(17)34-22(16)21(15)26/h3-12H,1-2H2. The summed E-state index contributed by atoms with van der Waals surface area (Å²) in [5.41, 5.74) is -0.335. The number of halogens is 4. The van der Waals surface area contributed by atoms with Crippen LogP contribution in [0.4, 0.5) is 17.6 Å². The number of fused-ring (bicyclic) bond motifs is 3. The fourth-order valence-electron chi connectivity index (χ4n) is 3.35. The fourth-order valence-corrected chi connectivity index (χ4v) is 3.35. The quantitative estimate of drug-likeness (QED) is 0.135. The third kappa shape index (κ3) is 4.72. The Kier molecular flexibility index (Phi) is 6.04. The highest BCUT2D eigenvalue weighted by molar-refractivity contribution is 6.09. The molecule has 0 amide bonds. The van der Waals surface area contributed by atoms with E-state index in [1.807, 2.05) is 0 Å². The van der Waals surface area contributed by atoms with Crippen molar-refractivity contribution in [3.63, 3.8) is 0 Å². The van der Waals surface area contributed by atoms with Crippen molar-refractivity contribution >= 4 is 33.9 Å². The summed E-state index contributed by atoms with van der Waals surface area (Å²) in [5.74, 6) is -3.85. The number of alkyl halides is 3. The summed E-state index contributed by atoms with van der Waals surface area (Å²) in [4.78, 5) is 22.9. The Morgan fingerprint density at radius 2 is 1.43 bits per heavy atom. The van der Waals surface area contributed by atoms with Crippen LogP contribution in [0, 0.1) is 5.82 Å². The smallest absolute Gasteiger partial charge is 0.449 e. The molecule has 0 atom stereocenters. The highest BCUT2D eigenvalue weighted by Gasteiger charge is 2.35. The van der Waals surface area contributed by atoms with E-state index >= 15 is 4.39 Å². The molecule has 0 aliphatic heterocycles. The van der Waals surface area contributed by atoms with E-state index in [2.05, 4.69) is 17.9 Å². The fraction of sp³-hybridized carbons (Fsp3) is 0.0400. The molecule has 4 rings (SSSR count). The van der Waals surface area contributed by atoms with Crippen molar-refractivity contribution in [2.24, 2.45) is 0 Å². The summed E-state index contributed by atoms with van der Waals surface area (Å²) in [6.45, 7) is 6.49. The van der Waals surface area contributed by atoms with Crippen molar-refractivity contribution < 1.29 is 45.8 Å². The second-order valence-corrected chi connectivity index (χ2v) is 7.00. The van der Waals surface area contributed by atoms with Crippen LogP contribution in [0.15, 0.2) is 78.3 Å². The Bertz CT molecular complexity index is 1480. The summed E-state index contributed by atoms with van der Waals surface area (Å²) < 4.78 is 74.0. The second-order valence-electron chi connectivity index (χ2n) is 7.00. The molecule has 0 bridgehead atoms. The molecule has 1 aromatic heterocycles. The molecule has 0 fully saturated rings. The zero-order chi connectivity index (χ0) is 25.3. The van der Waals surface area contributed by atoms with Gasteiger partial charge < -0.3 is 18.6 Å². The Labute approximate surface area is 194 Å². The summed E-state index contributed by atoms with van der Waals surface area (Å²) >= 11 is 0. The Hall–Kier alpha value is -4.60. The number of carbonyl (C=O) groups excluding carboxylic acids is 2. The molecule has 35 heavy (non-hydrogen) atoms. The highest BCUT2D eigenvalue weighted by atomic mass is 19.4. The topological polar surface area (TPSA) is 75.0 Å². The summed E-state index contributed by atoms with van der Waals surface area (Å²) in [5, 5.41) is 0.279. The first-order chi connectivity index (χ1) is 16.6. The van der Waals surface area contributed by atoms with Gasteiger partial charge in [-0.3, -0.25) is 0 Å². The van der Waals surface area contributed by atoms with E-state index in [9.17, 15) is 22.8 Å². The molecule has 4 aromatic rings. The molecular weight excluding hydrogens is 472 g/mol. The second kappa shape index (κ2) is 8.98. The van der Waals surface area contributed by atoms with Gasteiger partial charge in [0.05, 0.1) is 0 Å². The number of furan rings is 1. The van der Waals surface area contributed by atoms with Crippen LogP contribution in [0.1, 0.15) is 0 Å². The van der Waals surface area contributed by atoms with Crippen LogP contribution in [0.2, 0.25) is 0 Å². The third-order valence-electron chi connectivity index (χ3n) is 4.81. The average Bonchev–Trinajstić information content (AvgIpc) is 3.20. The lowest BCUT2D eigenvalue weighted by atomic mass is 10.0. The minimum absolute atomic E-state index is 0.0785. The van der Waals surface area contributed by atoms with Crippen LogP contribution < -0.4 is 14.2 Å². The average molecular weight is 486 g/mol. The molecule has 0 saturated carbocycles. The third-order valence-corrected chi connectivity index (χ3v) is 4.81. The maximum absolute atomic E-state index is 15.4. The van der Waals surface area contributed by atoms with Crippen molar-refractivity contribution in [2.45, 2.75) is 6.36 Å². The van der Waals surface area contributed by atoms with Crippen molar-refractivity contribution in [1.82, 2.24) is 0 Å². The van der Waals surface area contributed by atoms with Gasteiger partial charge in [0.2, 0.25) is 5.75 Å². The number of carbonyl (C=O) groups is 2. The Morgan fingerprint density at radius 1 is 0.829 bits per heavy atom. The highest BCUT2D eigenvalue weighted by Crippen LogP contribution is 2.44. The summed E-state index contributed by atoms with van der Waals surface area (Å²) in [6, 6.07) is 11.1. The molecule has 0 aliphatic rings. The lowest BCUT2D eigenvalue weighted by molar-refractivity contribution is -0.274. The van der Waals surface area contributed by atoms with Crippen LogP contribution in [-0.4, -0.2) is 18.3 Å². The summed E-state index contributed by atoms with van der Waals surface area (Å²) in [6.07, 6.45) is -3.40. The zero-order valence-electron chi connectivity index (χ0n) is 17.6. The van der Waals surface area contributed by atoms with E-state index in [1.165, 1.54) is 42.5 Å². The van der Waals surface area contributed by atoms with Gasteiger partial charge in [0, 0.05) is 28.5 Å². The Morgan fingerprint density at radius 3 is 2.06 bits per heavy atom. The number of hydrogen-bond acceptors (Lipinski definition) is 6. The van der Waals surface area contributed by atoms with E-state index in [0.717, 1.165) is 18.2 Å². The molecule has 0 spiro atoms. The van der Waals surface area contributed by atoms with Gasteiger partial charge in [-0.05, 0) is 35.9 Å². The maximum atomic E-state index is 15.4. The van der Waals surface area contributed by atoms with Gasteiger partial charge in [-0.2, -0.15) is 0 Å². The van der Waals surface area contributed by atoms with Crippen LogP contribution >= 0.6 is 0 Å². The van der Waals surface area contributed by atoms with E-state index in [-0.39, 0.29) is 27.7 Å². The molecule has 0 saturated heterocycles. The van der Waals surface area contributed by atoms with E-state index in [4.69, 9.17) is 13.9 Å². The number of benzene rings is 3. The van der Waals surface area contributed by atoms with Crippen LogP contribution in [-0.2, 0) is 9.59 Å². The first-order valence-electron chi connectivity index (χ1n) is 9.83. The minimum atomic E-state index is -5.15. The number of rotatable bonds is 6. The van der Waals surface area contributed by atoms with Gasteiger partial charge in [-0.1, -0.05) is 31.4 Å². The minimum Gasteiger partial charge on any atom is -0.449 e. The molecule has 0 aliphatic carbocycles. The molecule has 6 nitrogen and oxygen atoms in total. The van der Waals surface area contributed by atoms with Crippen molar-refractivity contribution in [1.29, 1.82) is 0 Å². The van der Waals surface area contributed by atoms with Crippen LogP contribution in [0.25, 0.3) is 33.1 Å². The molecule has 0 unspecified atom stereocenters. The van der Waals surface area contributed by atoms with E-state index < -0.39 is 41.2 Å². The van der Waals surface area contributed by atoms with Crippen LogP contribution in [0.3, 0.4) is 0 Å². The number of esters is 2. The van der Waals surface area contributed by atoms with Gasteiger partial charge in [-0.25, -0.2) is 14.0 Å². The zero-order valence-corrected chi connectivity index (χ0v) is 17.6. The number of hydrogen-bond donors (Lipinski definition) is 0. The molecule has 10 heteroatoms. The molecule has 0 radical (unpaired) electrons. The normalized spacial score (nSPS) is 11.3. The maximum Gasteiger partial charge on any atom is 0.573 e. The van der Waals surface area contributed by atoms with Gasteiger partial charge >= 0.3 is 18.3 Å². The van der Waals surface area contributed by atoms with Crippen molar-refractivity contribution in [3.8, 4) is 28.4 Å². The van der Waals surface area contributed by atoms with Crippen LogP contribution in [0.5, 0.6) is 17.2 Å². The predicted octanol–water partition coefficient (Wildman–Crippen LogP) is 6.47. The van der Waals surface area contributed by atoms with Gasteiger partial charge in [0.15, 0.2) is 22.7 Å². The monoisotopic (exact) mass is 486 g/mol. The summed E-state index contributed by atoms with van der Waals surface area (Å²) in [7, 11) is 0. The predicted molar refractivity (Wildman–Crippen MR) is 117 cm³/mol. The Balaban J connectivity index is 1.84. The largest absolute Gasteiger partial charge is 0.573 e. The van der Waals surface area contributed by atoms with Crippen molar-refractivity contribution in [3.05, 3.63) is 79.7 Å². The molecule has 178 valence electrons. The van der Waals surface area contributed by atoms with Gasteiger partial charge in [0.25, 0.3) is 0 Å². The molecular formula is C25H14F4O6. The first kappa shape index (κ1) is 23.6. The SMILES string of the molecule is C=CC(=O)Oc1ccc(-c2ccc3c(oc4c(OC(F)(F)F)c(OC(=O)C=C)ccc43)c2F)cc1. The van der Waals surface area contributed by atoms with Gasteiger partial charge in [-0.15, -0.1) is 13.2 Å². The van der Waals surface area contributed by atoms with Crippen molar-refractivity contribution in [2.75, 3.05) is 0 Å². The van der Waals surface area contributed by atoms with E-state index in [0.29, 0.717) is 5.56 Å². The lowest BCUT2D eigenvalue weighted by Crippen LogP contribution is -2.18. The molecule has 1 heterocycles. The number of ether oxygens (including phenoxy) is 3. The molecule has 3 aromatic carbocycles. The van der Waals surface area contributed by atoms with Gasteiger partial charge in [0.1, 0.15) is 5.75 Å².